The smallest absolute Gasteiger partial charge is 0.0756 e. The number of hydrogen-bond acceptors (Lipinski definition) is 3. The summed E-state index contributed by atoms with van der Waals surface area (Å²) in [5, 5.41) is 12.1. The van der Waals surface area contributed by atoms with Crippen molar-refractivity contribution >= 4 is 0 Å². The minimum Gasteiger partial charge on any atom is -0.396 e. The van der Waals surface area contributed by atoms with Gasteiger partial charge >= 0.3 is 0 Å². The van der Waals surface area contributed by atoms with E-state index in [2.05, 4.69) is 5.32 Å². The Morgan fingerprint density at radius 3 is 2.85 bits per heavy atom. The van der Waals surface area contributed by atoms with Gasteiger partial charge in [0, 0.05) is 19.3 Å². The average Bonchev–Trinajstić information content (AvgIpc) is 2.88. The second-order valence-electron chi connectivity index (χ2n) is 4.10. The van der Waals surface area contributed by atoms with Gasteiger partial charge in [-0.15, -0.1) is 0 Å². The highest BCUT2D eigenvalue weighted by Crippen LogP contribution is 2.38. The summed E-state index contributed by atoms with van der Waals surface area (Å²) in [5.74, 6) is 0.828. The topological polar surface area (TPSA) is 41.5 Å². The molecule has 1 saturated heterocycles. The highest BCUT2D eigenvalue weighted by molar-refractivity contribution is 4.93. The molecule has 2 N–H and O–H groups in total. The summed E-state index contributed by atoms with van der Waals surface area (Å²) in [6.07, 6.45) is 5.17. The van der Waals surface area contributed by atoms with Gasteiger partial charge in [0.15, 0.2) is 0 Å². The van der Waals surface area contributed by atoms with Crippen molar-refractivity contribution in [2.75, 3.05) is 19.8 Å². The van der Waals surface area contributed by atoms with Crippen LogP contribution in [-0.4, -0.2) is 37.0 Å². The second-order valence-corrected chi connectivity index (χ2v) is 4.10. The van der Waals surface area contributed by atoms with E-state index in [1.807, 2.05) is 0 Å². The summed E-state index contributed by atoms with van der Waals surface area (Å²) >= 11 is 0. The Kier molecular flexibility index (Phi) is 3.19. The SMILES string of the molecule is OCCCNC1CCOC1C1CC1. The molecule has 0 bridgehead atoms. The highest BCUT2D eigenvalue weighted by Gasteiger charge is 2.40. The first-order chi connectivity index (χ1) is 6.42. The Morgan fingerprint density at radius 2 is 2.15 bits per heavy atom. The molecular weight excluding hydrogens is 166 g/mol. The van der Waals surface area contributed by atoms with E-state index in [0.717, 1.165) is 31.9 Å². The van der Waals surface area contributed by atoms with Gasteiger partial charge in [-0.1, -0.05) is 0 Å². The molecule has 76 valence electrons. The fourth-order valence-corrected chi connectivity index (χ4v) is 2.09. The van der Waals surface area contributed by atoms with Crippen LogP contribution in [0.1, 0.15) is 25.7 Å². The molecule has 1 aliphatic heterocycles. The summed E-state index contributed by atoms with van der Waals surface area (Å²) in [5.41, 5.74) is 0. The van der Waals surface area contributed by atoms with E-state index in [-0.39, 0.29) is 6.61 Å². The van der Waals surface area contributed by atoms with Gasteiger partial charge in [0.2, 0.25) is 0 Å². The maximum atomic E-state index is 8.66. The van der Waals surface area contributed by atoms with E-state index in [1.54, 1.807) is 0 Å². The van der Waals surface area contributed by atoms with Crippen molar-refractivity contribution in [2.24, 2.45) is 5.92 Å². The number of aliphatic hydroxyl groups is 1. The molecule has 1 heterocycles. The number of nitrogens with one attached hydrogen (secondary N) is 1. The lowest BCUT2D eigenvalue weighted by Crippen LogP contribution is -2.38. The van der Waals surface area contributed by atoms with Gasteiger partial charge in [0.05, 0.1) is 6.10 Å². The third-order valence-corrected chi connectivity index (χ3v) is 2.96. The number of rotatable bonds is 5. The lowest BCUT2D eigenvalue weighted by Gasteiger charge is -2.19. The first-order valence-corrected chi connectivity index (χ1v) is 5.37. The van der Waals surface area contributed by atoms with Crippen molar-refractivity contribution in [1.29, 1.82) is 0 Å². The predicted octanol–water partition coefficient (Wildman–Crippen LogP) is 0.526. The summed E-state index contributed by atoms with van der Waals surface area (Å²) in [6.45, 7) is 2.13. The molecule has 0 aromatic carbocycles. The Morgan fingerprint density at radius 1 is 1.31 bits per heavy atom. The van der Waals surface area contributed by atoms with E-state index < -0.39 is 0 Å². The molecule has 0 spiro atoms. The molecule has 13 heavy (non-hydrogen) atoms. The van der Waals surface area contributed by atoms with Gasteiger partial charge in [0.25, 0.3) is 0 Å². The van der Waals surface area contributed by atoms with Crippen molar-refractivity contribution in [3.63, 3.8) is 0 Å². The van der Waals surface area contributed by atoms with Gasteiger partial charge < -0.3 is 15.2 Å². The summed E-state index contributed by atoms with van der Waals surface area (Å²) in [7, 11) is 0. The van der Waals surface area contributed by atoms with Crippen molar-refractivity contribution < 1.29 is 9.84 Å². The van der Waals surface area contributed by atoms with Crippen LogP contribution >= 0.6 is 0 Å². The first kappa shape index (κ1) is 9.44. The predicted molar refractivity (Wildman–Crippen MR) is 50.6 cm³/mol. The summed E-state index contributed by atoms with van der Waals surface area (Å²) in [4.78, 5) is 0. The molecule has 3 nitrogen and oxygen atoms in total. The van der Waals surface area contributed by atoms with Crippen LogP contribution in [0.5, 0.6) is 0 Å². The molecule has 0 radical (unpaired) electrons. The molecule has 2 aliphatic rings. The Hall–Kier alpha value is -0.120. The normalized spacial score (nSPS) is 33.9. The van der Waals surface area contributed by atoms with Crippen LogP contribution in [0, 0.1) is 5.92 Å². The molecule has 0 amide bonds. The Balaban J connectivity index is 1.70. The molecule has 0 aromatic heterocycles. The second kappa shape index (κ2) is 4.40. The standard InChI is InChI=1S/C10H19NO2/c12-6-1-5-11-9-4-7-13-10(9)8-2-3-8/h8-12H,1-7H2. The fourth-order valence-electron chi connectivity index (χ4n) is 2.09. The Bertz CT molecular complexity index is 159. The van der Waals surface area contributed by atoms with Crippen LogP contribution < -0.4 is 5.32 Å². The van der Waals surface area contributed by atoms with E-state index in [9.17, 15) is 0 Å². The summed E-state index contributed by atoms with van der Waals surface area (Å²) < 4.78 is 5.70. The summed E-state index contributed by atoms with van der Waals surface area (Å²) in [6, 6.07) is 0.555. The van der Waals surface area contributed by atoms with Crippen LogP contribution in [0.15, 0.2) is 0 Å². The van der Waals surface area contributed by atoms with Crippen molar-refractivity contribution in [1.82, 2.24) is 5.32 Å². The van der Waals surface area contributed by atoms with Crippen LogP contribution in [0.4, 0.5) is 0 Å². The number of ether oxygens (including phenoxy) is 1. The van der Waals surface area contributed by atoms with Crippen molar-refractivity contribution in [3.8, 4) is 0 Å². The minimum absolute atomic E-state index is 0.286. The molecule has 3 heteroatoms. The minimum atomic E-state index is 0.286. The van der Waals surface area contributed by atoms with Crippen molar-refractivity contribution in [3.05, 3.63) is 0 Å². The van der Waals surface area contributed by atoms with Crippen LogP contribution in [0.3, 0.4) is 0 Å². The molecule has 2 fully saturated rings. The third-order valence-electron chi connectivity index (χ3n) is 2.96. The fraction of sp³-hybridized carbons (Fsp3) is 1.00. The molecule has 2 atom stereocenters. The quantitative estimate of drug-likeness (QED) is 0.614. The molecule has 1 aliphatic carbocycles. The van der Waals surface area contributed by atoms with E-state index in [1.165, 1.54) is 12.8 Å². The van der Waals surface area contributed by atoms with E-state index >= 15 is 0 Å². The molecule has 1 saturated carbocycles. The zero-order valence-electron chi connectivity index (χ0n) is 8.04. The highest BCUT2D eigenvalue weighted by atomic mass is 16.5. The Labute approximate surface area is 79.5 Å². The van der Waals surface area contributed by atoms with Gasteiger partial charge in [-0.3, -0.25) is 0 Å². The largest absolute Gasteiger partial charge is 0.396 e. The number of hydrogen-bond donors (Lipinski definition) is 2. The van der Waals surface area contributed by atoms with E-state index in [4.69, 9.17) is 9.84 Å². The maximum Gasteiger partial charge on any atom is 0.0756 e. The van der Waals surface area contributed by atoms with Gasteiger partial charge in [-0.05, 0) is 38.1 Å². The average molecular weight is 185 g/mol. The first-order valence-electron chi connectivity index (χ1n) is 5.37. The van der Waals surface area contributed by atoms with E-state index in [0.29, 0.717) is 12.1 Å². The van der Waals surface area contributed by atoms with Crippen LogP contribution in [-0.2, 0) is 4.74 Å². The molecular formula is C10H19NO2. The lowest BCUT2D eigenvalue weighted by molar-refractivity contribution is 0.0808. The van der Waals surface area contributed by atoms with Gasteiger partial charge in [-0.2, -0.15) is 0 Å². The van der Waals surface area contributed by atoms with Gasteiger partial charge in [0.1, 0.15) is 0 Å². The molecule has 0 aromatic rings. The zero-order valence-corrected chi connectivity index (χ0v) is 8.04. The third kappa shape index (κ3) is 2.42. The maximum absolute atomic E-state index is 8.66. The molecule has 2 unspecified atom stereocenters. The van der Waals surface area contributed by atoms with Crippen LogP contribution in [0.25, 0.3) is 0 Å². The van der Waals surface area contributed by atoms with Crippen LogP contribution in [0.2, 0.25) is 0 Å². The molecule has 2 rings (SSSR count). The van der Waals surface area contributed by atoms with Gasteiger partial charge in [-0.25, -0.2) is 0 Å². The van der Waals surface area contributed by atoms with Crippen molar-refractivity contribution in [2.45, 2.75) is 37.8 Å². The monoisotopic (exact) mass is 185 g/mol. The zero-order chi connectivity index (χ0) is 9.10. The lowest BCUT2D eigenvalue weighted by atomic mass is 10.1. The number of aliphatic hydroxyl groups excluding tert-OH is 1.